The van der Waals surface area contributed by atoms with E-state index in [9.17, 15) is 4.79 Å². The van der Waals surface area contributed by atoms with Crippen molar-refractivity contribution in [1.82, 2.24) is 4.98 Å². The molecule has 22 heavy (non-hydrogen) atoms. The van der Waals surface area contributed by atoms with Crippen molar-refractivity contribution >= 4 is 22.8 Å². The highest BCUT2D eigenvalue weighted by Gasteiger charge is 2.15. The van der Waals surface area contributed by atoms with Crippen molar-refractivity contribution in [2.45, 2.75) is 0 Å². The molecule has 0 amide bonds. The maximum Gasteiger partial charge on any atom is 0.231 e. The SMILES string of the molecule is O=C(/C=C/c1c[nH]c2ccccc12)c1ccc2c(c1)OCO2. The normalized spacial score (nSPS) is 13.1. The lowest BCUT2D eigenvalue weighted by molar-refractivity contribution is 0.104. The summed E-state index contributed by atoms with van der Waals surface area (Å²) in [5.41, 5.74) is 2.63. The van der Waals surface area contributed by atoms with Gasteiger partial charge in [-0.2, -0.15) is 0 Å². The largest absolute Gasteiger partial charge is 0.454 e. The van der Waals surface area contributed by atoms with Gasteiger partial charge in [-0.05, 0) is 42.0 Å². The summed E-state index contributed by atoms with van der Waals surface area (Å²) in [6.45, 7) is 0.207. The third-order valence-corrected chi connectivity index (χ3v) is 3.69. The second kappa shape index (κ2) is 5.07. The maximum atomic E-state index is 12.3. The van der Waals surface area contributed by atoms with Gasteiger partial charge in [0.1, 0.15) is 0 Å². The van der Waals surface area contributed by atoms with E-state index in [0.29, 0.717) is 17.1 Å². The number of aromatic amines is 1. The van der Waals surface area contributed by atoms with Gasteiger partial charge in [0.25, 0.3) is 0 Å². The van der Waals surface area contributed by atoms with Gasteiger partial charge in [0, 0.05) is 22.7 Å². The lowest BCUT2D eigenvalue weighted by atomic mass is 10.1. The molecule has 3 aromatic rings. The van der Waals surface area contributed by atoms with Crippen molar-refractivity contribution in [3.05, 3.63) is 65.9 Å². The molecule has 0 saturated heterocycles. The Balaban J connectivity index is 1.61. The Bertz CT molecular complexity index is 892. The Hall–Kier alpha value is -3.01. The van der Waals surface area contributed by atoms with Crippen LogP contribution in [-0.4, -0.2) is 17.6 Å². The van der Waals surface area contributed by atoms with Gasteiger partial charge in [-0.1, -0.05) is 18.2 Å². The highest BCUT2D eigenvalue weighted by molar-refractivity contribution is 6.08. The van der Waals surface area contributed by atoms with E-state index >= 15 is 0 Å². The summed E-state index contributed by atoms with van der Waals surface area (Å²) < 4.78 is 10.5. The van der Waals surface area contributed by atoms with Crippen LogP contribution >= 0.6 is 0 Å². The number of hydrogen-bond donors (Lipinski definition) is 1. The fourth-order valence-electron chi connectivity index (χ4n) is 2.54. The molecule has 0 atom stereocenters. The Kier molecular flexibility index (Phi) is 2.93. The molecule has 4 nitrogen and oxygen atoms in total. The molecule has 0 bridgehead atoms. The number of rotatable bonds is 3. The molecule has 4 rings (SSSR count). The minimum atomic E-state index is -0.0661. The van der Waals surface area contributed by atoms with Crippen LogP contribution in [0.4, 0.5) is 0 Å². The molecular weight excluding hydrogens is 278 g/mol. The molecule has 0 fully saturated rings. The summed E-state index contributed by atoms with van der Waals surface area (Å²) in [5, 5.41) is 1.09. The molecule has 1 aliphatic rings. The van der Waals surface area contributed by atoms with Gasteiger partial charge in [-0.3, -0.25) is 4.79 Å². The first-order valence-corrected chi connectivity index (χ1v) is 6.99. The monoisotopic (exact) mass is 291 g/mol. The molecule has 1 aromatic heterocycles. The van der Waals surface area contributed by atoms with Crippen molar-refractivity contribution < 1.29 is 14.3 Å². The number of para-hydroxylation sites is 1. The van der Waals surface area contributed by atoms with E-state index in [1.807, 2.05) is 36.5 Å². The van der Waals surface area contributed by atoms with E-state index in [0.717, 1.165) is 16.5 Å². The number of allylic oxidation sites excluding steroid dienone is 1. The number of fused-ring (bicyclic) bond motifs is 2. The van der Waals surface area contributed by atoms with Gasteiger partial charge in [0.2, 0.25) is 6.79 Å². The molecule has 0 unspecified atom stereocenters. The fraction of sp³-hybridized carbons (Fsp3) is 0.0556. The van der Waals surface area contributed by atoms with Gasteiger partial charge < -0.3 is 14.5 Å². The molecular formula is C18H13NO3. The second-order valence-corrected chi connectivity index (χ2v) is 5.06. The van der Waals surface area contributed by atoms with Crippen molar-refractivity contribution in [3.63, 3.8) is 0 Å². The number of aromatic nitrogens is 1. The molecule has 108 valence electrons. The van der Waals surface area contributed by atoms with Crippen molar-refractivity contribution in [2.24, 2.45) is 0 Å². The van der Waals surface area contributed by atoms with Crippen molar-refractivity contribution in [3.8, 4) is 11.5 Å². The zero-order valence-electron chi connectivity index (χ0n) is 11.7. The summed E-state index contributed by atoms with van der Waals surface area (Å²) in [6.07, 6.45) is 5.30. The van der Waals surface area contributed by atoms with Crippen LogP contribution in [0.3, 0.4) is 0 Å². The molecule has 4 heteroatoms. The third kappa shape index (κ3) is 2.15. The topological polar surface area (TPSA) is 51.3 Å². The molecule has 2 aromatic carbocycles. The third-order valence-electron chi connectivity index (χ3n) is 3.69. The Morgan fingerprint density at radius 2 is 1.95 bits per heavy atom. The number of nitrogens with one attached hydrogen (secondary N) is 1. The zero-order chi connectivity index (χ0) is 14.9. The highest BCUT2D eigenvalue weighted by atomic mass is 16.7. The molecule has 1 aliphatic heterocycles. The average molecular weight is 291 g/mol. The number of benzene rings is 2. The average Bonchev–Trinajstić information content (AvgIpc) is 3.18. The molecule has 0 spiro atoms. The Morgan fingerprint density at radius 1 is 1.09 bits per heavy atom. The molecule has 0 aliphatic carbocycles. The number of ketones is 1. The van der Waals surface area contributed by atoms with Crippen LogP contribution in [0.5, 0.6) is 11.5 Å². The highest BCUT2D eigenvalue weighted by Crippen LogP contribution is 2.32. The zero-order valence-corrected chi connectivity index (χ0v) is 11.7. The molecule has 1 N–H and O–H groups in total. The van der Waals surface area contributed by atoms with Gasteiger partial charge in [0.05, 0.1) is 0 Å². The number of carbonyl (C=O) groups excluding carboxylic acids is 1. The van der Waals surface area contributed by atoms with Gasteiger partial charge in [-0.15, -0.1) is 0 Å². The molecule has 0 saturated carbocycles. The predicted molar refractivity (Wildman–Crippen MR) is 84.2 cm³/mol. The van der Waals surface area contributed by atoms with Crippen LogP contribution in [0.15, 0.2) is 54.7 Å². The van der Waals surface area contributed by atoms with Gasteiger partial charge >= 0.3 is 0 Å². The number of ether oxygens (including phenoxy) is 2. The van der Waals surface area contributed by atoms with Crippen LogP contribution in [0.1, 0.15) is 15.9 Å². The quantitative estimate of drug-likeness (QED) is 0.590. The fourth-order valence-corrected chi connectivity index (χ4v) is 2.54. The molecule has 0 radical (unpaired) electrons. The van der Waals surface area contributed by atoms with Gasteiger partial charge in [0.15, 0.2) is 17.3 Å². The van der Waals surface area contributed by atoms with Crippen LogP contribution in [0, 0.1) is 0 Å². The standard InChI is InChI=1S/C18H13NO3/c20-16(12-6-8-17-18(9-12)22-11-21-17)7-5-13-10-19-15-4-2-1-3-14(13)15/h1-10,19H,11H2/b7-5+. The smallest absolute Gasteiger partial charge is 0.231 e. The van der Waals surface area contributed by atoms with E-state index in [1.165, 1.54) is 0 Å². The van der Waals surface area contributed by atoms with Crippen LogP contribution in [0.2, 0.25) is 0 Å². The minimum absolute atomic E-state index is 0.0661. The summed E-state index contributed by atoms with van der Waals surface area (Å²) in [4.78, 5) is 15.5. The van der Waals surface area contributed by atoms with E-state index in [1.54, 1.807) is 24.3 Å². The number of carbonyl (C=O) groups is 1. The van der Waals surface area contributed by atoms with E-state index < -0.39 is 0 Å². The summed E-state index contributed by atoms with van der Waals surface area (Å²) in [7, 11) is 0. The minimum Gasteiger partial charge on any atom is -0.454 e. The summed E-state index contributed by atoms with van der Waals surface area (Å²) in [5.74, 6) is 1.23. The van der Waals surface area contributed by atoms with Crippen LogP contribution < -0.4 is 9.47 Å². The lowest BCUT2D eigenvalue weighted by Crippen LogP contribution is -1.94. The lowest BCUT2D eigenvalue weighted by Gasteiger charge is -1.99. The van der Waals surface area contributed by atoms with Crippen LogP contribution in [-0.2, 0) is 0 Å². The Labute approximate surface area is 127 Å². The van der Waals surface area contributed by atoms with Crippen molar-refractivity contribution in [2.75, 3.05) is 6.79 Å². The van der Waals surface area contributed by atoms with Crippen LogP contribution in [0.25, 0.3) is 17.0 Å². The second-order valence-electron chi connectivity index (χ2n) is 5.06. The number of H-pyrrole nitrogens is 1. The maximum absolute atomic E-state index is 12.3. The van der Waals surface area contributed by atoms with Crippen molar-refractivity contribution in [1.29, 1.82) is 0 Å². The van der Waals surface area contributed by atoms with E-state index in [-0.39, 0.29) is 12.6 Å². The predicted octanol–water partition coefficient (Wildman–Crippen LogP) is 3.79. The van der Waals surface area contributed by atoms with E-state index in [2.05, 4.69) is 4.98 Å². The first-order chi connectivity index (χ1) is 10.8. The first kappa shape index (κ1) is 12.7. The van der Waals surface area contributed by atoms with E-state index in [4.69, 9.17) is 9.47 Å². The summed E-state index contributed by atoms with van der Waals surface area (Å²) in [6, 6.07) is 13.2. The van der Waals surface area contributed by atoms with Gasteiger partial charge in [-0.25, -0.2) is 0 Å². The Morgan fingerprint density at radius 3 is 2.91 bits per heavy atom. The number of hydrogen-bond acceptors (Lipinski definition) is 3. The first-order valence-electron chi connectivity index (χ1n) is 6.99. The summed E-state index contributed by atoms with van der Waals surface area (Å²) >= 11 is 0. The molecule has 2 heterocycles.